The maximum atomic E-state index is 12.2. The van der Waals surface area contributed by atoms with E-state index in [1.165, 1.54) is 30.3 Å². The molecule has 1 N–H and O–H groups in total. The number of nitro benzene ring substituents is 1. The summed E-state index contributed by atoms with van der Waals surface area (Å²) in [5, 5.41) is 20.5. The average Bonchev–Trinajstić information content (AvgIpc) is 3.03. The highest BCUT2D eigenvalue weighted by molar-refractivity contribution is 5.96. The van der Waals surface area contributed by atoms with Gasteiger partial charge in [-0.2, -0.15) is 0 Å². The zero-order valence-electron chi connectivity index (χ0n) is 15.7. The van der Waals surface area contributed by atoms with Crippen molar-refractivity contribution in [3.63, 3.8) is 0 Å². The van der Waals surface area contributed by atoms with E-state index in [1.54, 1.807) is 24.3 Å². The first-order valence-electron chi connectivity index (χ1n) is 8.85. The van der Waals surface area contributed by atoms with Gasteiger partial charge in [-0.15, -0.1) is 0 Å². The summed E-state index contributed by atoms with van der Waals surface area (Å²) in [5.41, 5.74) is 0.791. The third kappa shape index (κ3) is 4.67. The van der Waals surface area contributed by atoms with Crippen molar-refractivity contribution in [1.82, 2.24) is 0 Å². The maximum absolute atomic E-state index is 12.2. The molecule has 0 radical (unpaired) electrons. The van der Waals surface area contributed by atoms with Crippen molar-refractivity contribution in [2.75, 3.05) is 13.2 Å². The van der Waals surface area contributed by atoms with Crippen LogP contribution < -0.4 is 0 Å². The normalized spacial score (nSPS) is 19.8. The quantitative estimate of drug-likeness (QED) is 0.345. The van der Waals surface area contributed by atoms with Crippen LogP contribution in [0.15, 0.2) is 54.1 Å². The van der Waals surface area contributed by atoms with Crippen LogP contribution in [0.1, 0.15) is 27.9 Å². The number of hydrogen-bond acceptors (Lipinski definition) is 7. The van der Waals surface area contributed by atoms with Crippen molar-refractivity contribution in [1.29, 1.82) is 0 Å². The zero-order chi connectivity index (χ0) is 21.0. The largest absolute Gasteiger partial charge is 0.458 e. The molecule has 1 saturated heterocycles. The third-order valence-corrected chi connectivity index (χ3v) is 4.57. The second kappa shape index (κ2) is 8.24. The van der Waals surface area contributed by atoms with E-state index in [0.717, 1.165) is 5.56 Å². The van der Waals surface area contributed by atoms with Crippen molar-refractivity contribution in [2.45, 2.75) is 18.9 Å². The molecule has 2 aromatic carbocycles. The number of ether oxygens (including phenoxy) is 2. The van der Waals surface area contributed by atoms with Crippen molar-refractivity contribution in [3.8, 4) is 0 Å². The molecule has 3 rings (SSSR count). The van der Waals surface area contributed by atoms with Crippen molar-refractivity contribution in [3.05, 3.63) is 80.9 Å². The summed E-state index contributed by atoms with van der Waals surface area (Å²) in [4.78, 5) is 34.6. The van der Waals surface area contributed by atoms with Crippen LogP contribution >= 0.6 is 0 Å². The Balaban J connectivity index is 1.70. The number of nitrogens with zero attached hydrogens (tertiary/aromatic N) is 1. The Labute approximate surface area is 166 Å². The number of carbonyl (C=O) groups excluding carboxylic acids is 2. The minimum Gasteiger partial charge on any atom is -0.458 e. The van der Waals surface area contributed by atoms with Gasteiger partial charge in [0, 0.05) is 24.1 Å². The first-order chi connectivity index (χ1) is 13.8. The molecule has 0 amide bonds. The number of aryl methyl sites for hydroxylation is 1. The Bertz CT molecular complexity index is 964. The predicted molar refractivity (Wildman–Crippen MR) is 103 cm³/mol. The molecule has 0 aromatic heterocycles. The monoisotopic (exact) mass is 397 g/mol. The van der Waals surface area contributed by atoms with Gasteiger partial charge in [-0.25, -0.2) is 9.59 Å². The van der Waals surface area contributed by atoms with Gasteiger partial charge in [0.25, 0.3) is 5.69 Å². The van der Waals surface area contributed by atoms with E-state index in [-0.39, 0.29) is 24.3 Å². The molecule has 150 valence electrons. The summed E-state index contributed by atoms with van der Waals surface area (Å²) in [6.07, 6.45) is 1.58. The Morgan fingerprint density at radius 3 is 2.48 bits per heavy atom. The summed E-state index contributed by atoms with van der Waals surface area (Å²) >= 11 is 0. The van der Waals surface area contributed by atoms with Gasteiger partial charge in [-0.1, -0.05) is 17.7 Å². The van der Waals surface area contributed by atoms with Crippen LogP contribution in [0.2, 0.25) is 0 Å². The Hall–Kier alpha value is -3.52. The molecule has 29 heavy (non-hydrogen) atoms. The summed E-state index contributed by atoms with van der Waals surface area (Å²) in [7, 11) is 0. The van der Waals surface area contributed by atoms with E-state index < -0.39 is 29.1 Å². The summed E-state index contributed by atoms with van der Waals surface area (Å²) in [5.74, 6) is -1.22. The molecule has 8 heteroatoms. The van der Waals surface area contributed by atoms with Crippen LogP contribution in [0.4, 0.5) is 5.69 Å². The number of hydrogen-bond donors (Lipinski definition) is 1. The van der Waals surface area contributed by atoms with Crippen LogP contribution in [0.3, 0.4) is 0 Å². The number of non-ortho nitro benzene ring substituents is 1. The molecule has 0 aliphatic carbocycles. The standard InChI is InChI=1S/C21H19NO7/c1-14-2-6-16(7-3-14)19(24)28-13-21(12-23)11-17(20(25)29-21)10-15-4-8-18(9-5-15)22(26)27/h2-10,23H,11-13H2,1H3/b17-10-. The second-order valence-electron chi connectivity index (χ2n) is 6.87. The minimum atomic E-state index is -1.36. The molecule has 1 aliphatic rings. The molecule has 1 unspecified atom stereocenters. The molecule has 1 atom stereocenters. The first kappa shape index (κ1) is 20.2. The van der Waals surface area contributed by atoms with Crippen LogP contribution in [0.5, 0.6) is 0 Å². The molecule has 0 saturated carbocycles. The molecular formula is C21H19NO7. The lowest BCUT2D eigenvalue weighted by Gasteiger charge is -2.24. The fourth-order valence-corrected chi connectivity index (χ4v) is 2.91. The second-order valence-corrected chi connectivity index (χ2v) is 6.87. The van der Waals surface area contributed by atoms with E-state index in [4.69, 9.17) is 9.47 Å². The fourth-order valence-electron chi connectivity index (χ4n) is 2.91. The van der Waals surface area contributed by atoms with Crippen LogP contribution in [0.25, 0.3) is 6.08 Å². The lowest BCUT2D eigenvalue weighted by molar-refractivity contribution is -0.384. The number of benzene rings is 2. The van der Waals surface area contributed by atoms with Crippen LogP contribution in [-0.2, 0) is 14.3 Å². The van der Waals surface area contributed by atoms with Gasteiger partial charge in [0.15, 0.2) is 5.60 Å². The predicted octanol–water partition coefficient (Wildman–Crippen LogP) is 2.82. The van der Waals surface area contributed by atoms with Gasteiger partial charge in [0.2, 0.25) is 0 Å². The highest BCUT2D eigenvalue weighted by Gasteiger charge is 2.44. The molecule has 0 bridgehead atoms. The minimum absolute atomic E-state index is 0.0422. The summed E-state index contributed by atoms with van der Waals surface area (Å²) in [6, 6.07) is 12.5. The lowest BCUT2D eigenvalue weighted by Crippen LogP contribution is -2.39. The highest BCUT2D eigenvalue weighted by Crippen LogP contribution is 2.32. The summed E-state index contributed by atoms with van der Waals surface area (Å²) < 4.78 is 10.6. The molecule has 1 fully saturated rings. The van der Waals surface area contributed by atoms with Gasteiger partial charge in [0.1, 0.15) is 6.61 Å². The average molecular weight is 397 g/mol. The van der Waals surface area contributed by atoms with Crippen molar-refractivity contribution < 1.29 is 29.1 Å². The SMILES string of the molecule is Cc1ccc(C(=O)OCC2(CO)C/C(=C/c3ccc([N+](=O)[O-])cc3)C(=O)O2)cc1. The van der Waals surface area contributed by atoms with Gasteiger partial charge < -0.3 is 14.6 Å². The van der Waals surface area contributed by atoms with Gasteiger partial charge in [-0.3, -0.25) is 10.1 Å². The Kier molecular flexibility index (Phi) is 5.74. The highest BCUT2D eigenvalue weighted by atomic mass is 16.6. The summed E-state index contributed by atoms with van der Waals surface area (Å²) in [6.45, 7) is 1.09. The first-order valence-corrected chi connectivity index (χ1v) is 8.85. The fraction of sp³-hybridized carbons (Fsp3) is 0.238. The van der Waals surface area contributed by atoms with E-state index in [9.17, 15) is 24.8 Å². The van der Waals surface area contributed by atoms with E-state index in [1.807, 2.05) is 6.92 Å². The zero-order valence-corrected chi connectivity index (χ0v) is 15.7. The van der Waals surface area contributed by atoms with Gasteiger partial charge >= 0.3 is 11.9 Å². The number of rotatable bonds is 6. The number of nitro groups is 1. The molecule has 0 spiro atoms. The van der Waals surface area contributed by atoms with E-state index in [2.05, 4.69) is 0 Å². The molecular weight excluding hydrogens is 378 g/mol. The van der Waals surface area contributed by atoms with Gasteiger partial charge in [0.05, 0.1) is 17.1 Å². The number of cyclic esters (lactones) is 1. The van der Waals surface area contributed by atoms with Crippen LogP contribution in [0, 0.1) is 17.0 Å². The Morgan fingerprint density at radius 1 is 1.24 bits per heavy atom. The third-order valence-electron chi connectivity index (χ3n) is 4.57. The topological polar surface area (TPSA) is 116 Å². The number of esters is 2. The number of aliphatic hydroxyl groups is 1. The van der Waals surface area contributed by atoms with Gasteiger partial charge in [-0.05, 0) is 42.8 Å². The smallest absolute Gasteiger partial charge is 0.338 e. The maximum Gasteiger partial charge on any atom is 0.338 e. The molecule has 1 heterocycles. The number of carbonyl (C=O) groups is 2. The molecule has 8 nitrogen and oxygen atoms in total. The number of aliphatic hydroxyl groups excluding tert-OH is 1. The molecule has 2 aromatic rings. The van der Waals surface area contributed by atoms with Crippen LogP contribution in [-0.4, -0.2) is 40.8 Å². The lowest BCUT2D eigenvalue weighted by atomic mass is 9.98. The van der Waals surface area contributed by atoms with Crippen molar-refractivity contribution >= 4 is 23.7 Å². The van der Waals surface area contributed by atoms with E-state index >= 15 is 0 Å². The molecule has 1 aliphatic heterocycles. The van der Waals surface area contributed by atoms with Crippen molar-refractivity contribution in [2.24, 2.45) is 0 Å². The van der Waals surface area contributed by atoms with E-state index in [0.29, 0.717) is 11.1 Å². The Morgan fingerprint density at radius 2 is 1.90 bits per heavy atom.